The molecule has 1 aromatic carbocycles. The lowest BCUT2D eigenvalue weighted by molar-refractivity contribution is -0.137. The van der Waals surface area contributed by atoms with Gasteiger partial charge in [0.15, 0.2) is 0 Å². The van der Waals surface area contributed by atoms with Crippen LogP contribution in [0.15, 0.2) is 24.3 Å². The summed E-state index contributed by atoms with van der Waals surface area (Å²) in [7, 11) is 1.68. The van der Waals surface area contributed by atoms with Crippen LogP contribution < -0.4 is 4.74 Å². The lowest BCUT2D eigenvalue weighted by Crippen LogP contribution is -2.55. The van der Waals surface area contributed by atoms with E-state index in [9.17, 15) is 4.79 Å². The Bertz CT molecular complexity index is 648. The molecule has 0 aliphatic carbocycles. The van der Waals surface area contributed by atoms with Gasteiger partial charge in [-0.3, -0.25) is 9.69 Å². The summed E-state index contributed by atoms with van der Waals surface area (Å²) in [5.74, 6) is 1.87. The van der Waals surface area contributed by atoms with Crippen molar-refractivity contribution in [1.82, 2.24) is 14.7 Å². The Kier molecular flexibility index (Phi) is 5.98. The Morgan fingerprint density at radius 1 is 1.07 bits per heavy atom. The van der Waals surface area contributed by atoms with Crippen LogP contribution in [0.4, 0.5) is 0 Å². The number of ether oxygens (including phenoxy) is 1. The highest BCUT2D eigenvalue weighted by Crippen LogP contribution is 2.31. The van der Waals surface area contributed by atoms with Crippen LogP contribution >= 0.6 is 0 Å². The second-order valence-electron chi connectivity index (χ2n) is 8.40. The molecule has 148 valence electrons. The highest BCUT2D eigenvalue weighted by atomic mass is 16.5. The second kappa shape index (κ2) is 8.61. The normalized spacial score (nSPS) is 27.4. The van der Waals surface area contributed by atoms with Crippen LogP contribution in [0.3, 0.4) is 0 Å². The molecule has 0 aromatic heterocycles. The van der Waals surface area contributed by atoms with Crippen molar-refractivity contribution in [3.63, 3.8) is 0 Å². The fourth-order valence-corrected chi connectivity index (χ4v) is 5.19. The number of hydrogen-bond acceptors (Lipinski definition) is 4. The summed E-state index contributed by atoms with van der Waals surface area (Å²) >= 11 is 0. The number of hydrogen-bond donors (Lipinski definition) is 0. The summed E-state index contributed by atoms with van der Waals surface area (Å²) in [6, 6.07) is 8.80. The van der Waals surface area contributed by atoms with Crippen molar-refractivity contribution in [3.05, 3.63) is 29.8 Å². The molecule has 2 atom stereocenters. The van der Waals surface area contributed by atoms with Gasteiger partial charge in [0.05, 0.1) is 13.7 Å². The first-order chi connectivity index (χ1) is 13.2. The SMILES string of the molecule is COc1cccc(CN2CCN(C[C@@H]3CCCN4CCCC[C@H]34)CC2=O)c1. The zero-order valence-corrected chi connectivity index (χ0v) is 16.6. The number of carbonyl (C=O) groups is 1. The van der Waals surface area contributed by atoms with Gasteiger partial charge in [-0.15, -0.1) is 0 Å². The molecule has 5 nitrogen and oxygen atoms in total. The second-order valence-corrected chi connectivity index (χ2v) is 8.40. The Labute approximate surface area is 163 Å². The zero-order chi connectivity index (χ0) is 18.6. The van der Waals surface area contributed by atoms with Crippen molar-refractivity contribution in [2.45, 2.75) is 44.7 Å². The number of piperidine rings is 2. The number of nitrogens with zero attached hydrogens (tertiary/aromatic N) is 3. The molecule has 0 N–H and O–H groups in total. The van der Waals surface area contributed by atoms with Gasteiger partial charge in [0.1, 0.15) is 5.75 Å². The molecule has 0 radical (unpaired) electrons. The number of rotatable bonds is 5. The smallest absolute Gasteiger partial charge is 0.237 e. The maximum atomic E-state index is 12.7. The van der Waals surface area contributed by atoms with Crippen molar-refractivity contribution < 1.29 is 9.53 Å². The van der Waals surface area contributed by atoms with E-state index in [1.54, 1.807) is 7.11 Å². The van der Waals surface area contributed by atoms with E-state index in [0.29, 0.717) is 13.1 Å². The standard InChI is InChI=1S/C22H33N3O2/c1-27-20-8-4-6-18(14-20)15-25-13-12-23(17-22(25)26)16-19-7-5-11-24-10-3-2-9-21(19)24/h4,6,8,14,19,21H,2-3,5,7,9-13,15-17H2,1H3/t19-,21+/m0/s1. The lowest BCUT2D eigenvalue weighted by atomic mass is 9.83. The largest absolute Gasteiger partial charge is 0.497 e. The van der Waals surface area contributed by atoms with Gasteiger partial charge in [-0.05, 0) is 62.4 Å². The maximum absolute atomic E-state index is 12.7. The molecule has 4 rings (SSSR count). The summed E-state index contributed by atoms with van der Waals surface area (Å²) in [5, 5.41) is 0. The first kappa shape index (κ1) is 18.8. The van der Waals surface area contributed by atoms with E-state index in [0.717, 1.165) is 42.9 Å². The third-order valence-corrected chi connectivity index (χ3v) is 6.63. The molecule has 3 fully saturated rings. The summed E-state index contributed by atoms with van der Waals surface area (Å²) in [6.45, 7) is 6.76. The van der Waals surface area contributed by atoms with Crippen LogP contribution in [0.2, 0.25) is 0 Å². The van der Waals surface area contributed by atoms with Gasteiger partial charge in [0, 0.05) is 32.2 Å². The lowest BCUT2D eigenvalue weighted by Gasteiger charge is -2.46. The number of methoxy groups -OCH3 is 1. The minimum Gasteiger partial charge on any atom is -0.497 e. The van der Waals surface area contributed by atoms with E-state index in [1.807, 2.05) is 23.1 Å². The van der Waals surface area contributed by atoms with Crippen molar-refractivity contribution in [2.24, 2.45) is 5.92 Å². The molecule has 0 spiro atoms. The minimum atomic E-state index is 0.264. The first-order valence-corrected chi connectivity index (χ1v) is 10.6. The molecule has 0 bridgehead atoms. The summed E-state index contributed by atoms with van der Waals surface area (Å²) in [4.78, 5) is 19.9. The van der Waals surface area contributed by atoms with E-state index in [-0.39, 0.29) is 5.91 Å². The summed E-state index contributed by atoms with van der Waals surface area (Å²) in [5.41, 5.74) is 1.14. The average Bonchev–Trinajstić information content (AvgIpc) is 2.70. The molecule has 3 saturated heterocycles. The third-order valence-electron chi connectivity index (χ3n) is 6.63. The van der Waals surface area contributed by atoms with Gasteiger partial charge in [0.25, 0.3) is 0 Å². The third kappa shape index (κ3) is 4.46. The van der Waals surface area contributed by atoms with Crippen molar-refractivity contribution in [2.75, 3.05) is 46.4 Å². The highest BCUT2D eigenvalue weighted by molar-refractivity contribution is 5.79. The molecular formula is C22H33N3O2. The van der Waals surface area contributed by atoms with Crippen molar-refractivity contribution in [3.8, 4) is 5.75 Å². The van der Waals surface area contributed by atoms with Gasteiger partial charge in [0.2, 0.25) is 5.91 Å². The van der Waals surface area contributed by atoms with E-state index < -0.39 is 0 Å². The molecule has 3 aliphatic rings. The summed E-state index contributed by atoms with van der Waals surface area (Å²) in [6.07, 6.45) is 6.76. The molecule has 1 amide bonds. The molecule has 0 saturated carbocycles. The monoisotopic (exact) mass is 371 g/mol. The predicted octanol–water partition coefficient (Wildman–Crippen LogP) is 2.60. The Balaban J connectivity index is 1.31. The summed E-state index contributed by atoms with van der Waals surface area (Å²) < 4.78 is 5.30. The molecule has 1 aromatic rings. The molecule has 3 heterocycles. The van der Waals surface area contributed by atoms with E-state index in [1.165, 1.54) is 45.2 Å². The maximum Gasteiger partial charge on any atom is 0.237 e. The van der Waals surface area contributed by atoms with Gasteiger partial charge in [-0.2, -0.15) is 0 Å². The van der Waals surface area contributed by atoms with Gasteiger partial charge >= 0.3 is 0 Å². The number of benzene rings is 1. The van der Waals surface area contributed by atoms with Crippen LogP contribution in [0, 0.1) is 5.92 Å². The van der Waals surface area contributed by atoms with Crippen LogP contribution in [0.25, 0.3) is 0 Å². The minimum absolute atomic E-state index is 0.264. The number of amides is 1. The molecule has 3 aliphatic heterocycles. The zero-order valence-electron chi connectivity index (χ0n) is 16.6. The van der Waals surface area contributed by atoms with E-state index in [2.05, 4.69) is 15.9 Å². The van der Waals surface area contributed by atoms with Crippen LogP contribution in [-0.2, 0) is 11.3 Å². The topological polar surface area (TPSA) is 36.0 Å². The number of piperazine rings is 1. The molecule has 27 heavy (non-hydrogen) atoms. The fraction of sp³-hybridized carbons (Fsp3) is 0.682. The number of fused-ring (bicyclic) bond motifs is 1. The molecule has 0 unspecified atom stereocenters. The van der Waals surface area contributed by atoms with E-state index >= 15 is 0 Å². The Morgan fingerprint density at radius 2 is 1.96 bits per heavy atom. The van der Waals surface area contributed by atoms with Crippen LogP contribution in [-0.4, -0.2) is 73.0 Å². The van der Waals surface area contributed by atoms with Crippen molar-refractivity contribution >= 4 is 5.91 Å². The van der Waals surface area contributed by atoms with Gasteiger partial charge in [-0.1, -0.05) is 18.6 Å². The number of carbonyl (C=O) groups excluding carboxylic acids is 1. The van der Waals surface area contributed by atoms with Crippen molar-refractivity contribution in [1.29, 1.82) is 0 Å². The predicted molar refractivity (Wildman–Crippen MR) is 107 cm³/mol. The quantitative estimate of drug-likeness (QED) is 0.797. The molecule has 5 heteroatoms. The fourth-order valence-electron chi connectivity index (χ4n) is 5.19. The van der Waals surface area contributed by atoms with E-state index in [4.69, 9.17) is 4.74 Å². The van der Waals surface area contributed by atoms with Crippen LogP contribution in [0.5, 0.6) is 5.75 Å². The average molecular weight is 372 g/mol. The Morgan fingerprint density at radius 3 is 2.81 bits per heavy atom. The van der Waals surface area contributed by atoms with Gasteiger partial charge < -0.3 is 14.5 Å². The van der Waals surface area contributed by atoms with Gasteiger partial charge in [-0.25, -0.2) is 0 Å². The molecular weight excluding hydrogens is 338 g/mol. The van der Waals surface area contributed by atoms with Crippen LogP contribution in [0.1, 0.15) is 37.7 Å². The first-order valence-electron chi connectivity index (χ1n) is 10.6. The Hall–Kier alpha value is -1.59. The highest BCUT2D eigenvalue weighted by Gasteiger charge is 2.35.